The fourth-order valence-electron chi connectivity index (χ4n) is 3.38. The molecular formula is C21H25N3O6S2. The minimum Gasteiger partial charge on any atom is -0.340 e. The van der Waals surface area contributed by atoms with E-state index in [4.69, 9.17) is 0 Å². The Bertz CT molecular complexity index is 1230. The topological polar surface area (TPSA) is 121 Å². The van der Waals surface area contributed by atoms with Crippen LogP contribution in [0.3, 0.4) is 0 Å². The molecule has 172 valence electrons. The van der Waals surface area contributed by atoms with Crippen molar-refractivity contribution < 1.29 is 26.4 Å². The summed E-state index contributed by atoms with van der Waals surface area (Å²) in [5.74, 6) is -0.849. The highest BCUT2D eigenvalue weighted by atomic mass is 32.2. The van der Waals surface area contributed by atoms with Gasteiger partial charge in [0.15, 0.2) is 9.84 Å². The zero-order chi connectivity index (χ0) is 23.5. The fourth-order valence-corrected chi connectivity index (χ4v) is 5.90. The number of rotatable bonds is 6. The first-order valence-electron chi connectivity index (χ1n) is 10.0. The molecule has 0 saturated carbocycles. The van der Waals surface area contributed by atoms with Crippen LogP contribution in [0, 0.1) is 0 Å². The SMILES string of the molecule is CCS(=O)(=O)c1ccccc1NC(=O)c1cccc(S(=O)(=O)N2CCN(C(C)=O)CC2)c1. The van der Waals surface area contributed by atoms with Gasteiger partial charge in [0.2, 0.25) is 15.9 Å². The first-order valence-corrected chi connectivity index (χ1v) is 13.1. The third kappa shape index (κ3) is 5.00. The molecule has 0 aromatic heterocycles. The average Bonchev–Trinajstić information content (AvgIpc) is 2.79. The maximum Gasteiger partial charge on any atom is 0.255 e. The second kappa shape index (κ2) is 9.39. The summed E-state index contributed by atoms with van der Waals surface area (Å²) in [5.41, 5.74) is 0.213. The van der Waals surface area contributed by atoms with E-state index < -0.39 is 25.8 Å². The predicted octanol–water partition coefficient (Wildman–Crippen LogP) is 1.59. The van der Waals surface area contributed by atoms with E-state index in [-0.39, 0.29) is 45.8 Å². The first-order chi connectivity index (χ1) is 15.1. The van der Waals surface area contributed by atoms with E-state index in [0.29, 0.717) is 13.1 Å². The van der Waals surface area contributed by atoms with E-state index in [2.05, 4.69) is 5.32 Å². The molecule has 1 saturated heterocycles. The Morgan fingerprint density at radius 1 is 0.938 bits per heavy atom. The number of piperazine rings is 1. The highest BCUT2D eigenvalue weighted by molar-refractivity contribution is 7.91. The monoisotopic (exact) mass is 479 g/mol. The van der Waals surface area contributed by atoms with E-state index >= 15 is 0 Å². The Balaban J connectivity index is 1.83. The van der Waals surface area contributed by atoms with Crippen molar-refractivity contribution in [2.24, 2.45) is 0 Å². The molecule has 0 bridgehead atoms. The summed E-state index contributed by atoms with van der Waals surface area (Å²) in [6.07, 6.45) is 0. The van der Waals surface area contributed by atoms with Crippen molar-refractivity contribution in [3.8, 4) is 0 Å². The normalized spacial score (nSPS) is 15.4. The van der Waals surface area contributed by atoms with E-state index in [1.165, 1.54) is 54.6 Å². The van der Waals surface area contributed by atoms with Gasteiger partial charge in [0.05, 0.1) is 21.2 Å². The molecule has 2 aromatic carbocycles. The van der Waals surface area contributed by atoms with Crippen LogP contribution in [0.1, 0.15) is 24.2 Å². The van der Waals surface area contributed by atoms with E-state index in [1.807, 2.05) is 0 Å². The number of sulfone groups is 1. The Morgan fingerprint density at radius 3 is 2.22 bits per heavy atom. The van der Waals surface area contributed by atoms with Crippen LogP contribution in [0.25, 0.3) is 0 Å². The lowest BCUT2D eigenvalue weighted by atomic mass is 10.2. The van der Waals surface area contributed by atoms with Crippen LogP contribution in [-0.4, -0.2) is 69.8 Å². The van der Waals surface area contributed by atoms with Crippen LogP contribution in [0.2, 0.25) is 0 Å². The second-order valence-corrected chi connectivity index (χ2v) is 11.5. The third-order valence-corrected chi connectivity index (χ3v) is 8.95. The number of benzene rings is 2. The molecule has 32 heavy (non-hydrogen) atoms. The lowest BCUT2D eigenvalue weighted by molar-refractivity contribution is -0.129. The molecular weight excluding hydrogens is 454 g/mol. The Hall–Kier alpha value is -2.76. The summed E-state index contributed by atoms with van der Waals surface area (Å²) in [6.45, 7) is 3.89. The van der Waals surface area contributed by atoms with Crippen molar-refractivity contribution in [2.45, 2.75) is 23.6 Å². The number of sulfonamides is 1. The minimum atomic E-state index is -3.86. The maximum absolute atomic E-state index is 13.0. The Labute approximate surface area is 188 Å². The van der Waals surface area contributed by atoms with Gasteiger partial charge >= 0.3 is 0 Å². The molecule has 1 aliphatic heterocycles. The summed E-state index contributed by atoms with van der Waals surface area (Å²) < 4.78 is 52.0. The molecule has 0 aliphatic carbocycles. The zero-order valence-electron chi connectivity index (χ0n) is 17.8. The van der Waals surface area contributed by atoms with Gasteiger partial charge in [-0.15, -0.1) is 0 Å². The van der Waals surface area contributed by atoms with Gasteiger partial charge < -0.3 is 10.2 Å². The number of hydrogen-bond acceptors (Lipinski definition) is 6. The summed E-state index contributed by atoms with van der Waals surface area (Å²) in [4.78, 5) is 25.8. The molecule has 0 atom stereocenters. The molecule has 1 N–H and O–H groups in total. The fraction of sp³-hybridized carbons (Fsp3) is 0.333. The van der Waals surface area contributed by atoms with Gasteiger partial charge in [0, 0.05) is 38.7 Å². The average molecular weight is 480 g/mol. The van der Waals surface area contributed by atoms with E-state index in [1.54, 1.807) is 17.0 Å². The van der Waals surface area contributed by atoms with Gasteiger partial charge in [-0.05, 0) is 30.3 Å². The van der Waals surface area contributed by atoms with Crippen molar-refractivity contribution in [3.63, 3.8) is 0 Å². The Morgan fingerprint density at radius 2 is 1.59 bits per heavy atom. The number of nitrogens with one attached hydrogen (secondary N) is 1. The number of hydrogen-bond donors (Lipinski definition) is 1. The van der Waals surface area contributed by atoms with Crippen LogP contribution in [0.5, 0.6) is 0 Å². The van der Waals surface area contributed by atoms with Gasteiger partial charge in [-0.3, -0.25) is 9.59 Å². The number of anilines is 1. The van der Waals surface area contributed by atoms with Crippen LogP contribution < -0.4 is 5.32 Å². The van der Waals surface area contributed by atoms with Gasteiger partial charge in [0.25, 0.3) is 5.91 Å². The van der Waals surface area contributed by atoms with Crippen LogP contribution >= 0.6 is 0 Å². The summed E-state index contributed by atoms with van der Waals surface area (Å²) >= 11 is 0. The van der Waals surface area contributed by atoms with Crippen molar-refractivity contribution in [1.29, 1.82) is 0 Å². The lowest BCUT2D eigenvalue weighted by Crippen LogP contribution is -2.49. The summed E-state index contributed by atoms with van der Waals surface area (Å²) in [7, 11) is -7.41. The molecule has 1 fully saturated rings. The van der Waals surface area contributed by atoms with Gasteiger partial charge in [0.1, 0.15) is 0 Å². The molecule has 2 aromatic rings. The molecule has 1 heterocycles. The maximum atomic E-state index is 13.0. The van der Waals surface area contributed by atoms with E-state index in [9.17, 15) is 26.4 Å². The largest absolute Gasteiger partial charge is 0.340 e. The predicted molar refractivity (Wildman–Crippen MR) is 120 cm³/mol. The summed E-state index contributed by atoms with van der Waals surface area (Å²) in [6, 6.07) is 11.6. The molecule has 1 aliphatic rings. The molecule has 0 unspecified atom stereocenters. The smallest absolute Gasteiger partial charge is 0.255 e. The van der Waals surface area contributed by atoms with Crippen molar-refractivity contribution in [2.75, 3.05) is 37.2 Å². The van der Waals surface area contributed by atoms with Crippen LogP contribution in [-0.2, 0) is 24.7 Å². The lowest BCUT2D eigenvalue weighted by Gasteiger charge is -2.33. The highest BCUT2D eigenvalue weighted by Gasteiger charge is 2.29. The molecule has 0 spiro atoms. The van der Waals surface area contributed by atoms with Gasteiger partial charge in [-0.1, -0.05) is 25.1 Å². The minimum absolute atomic E-state index is 0.00275. The quantitative estimate of drug-likeness (QED) is 0.672. The third-order valence-electron chi connectivity index (χ3n) is 5.27. The number of nitrogens with zero attached hydrogens (tertiary/aromatic N) is 2. The molecule has 11 heteroatoms. The number of amides is 2. The van der Waals surface area contributed by atoms with Crippen molar-refractivity contribution in [1.82, 2.24) is 9.21 Å². The van der Waals surface area contributed by atoms with Crippen molar-refractivity contribution >= 4 is 37.4 Å². The van der Waals surface area contributed by atoms with Crippen molar-refractivity contribution in [3.05, 3.63) is 54.1 Å². The standard InChI is InChI=1S/C21H25N3O6S2/c1-3-31(27,28)20-10-5-4-9-19(20)22-21(26)17-7-6-8-18(15-17)32(29,30)24-13-11-23(12-14-24)16(2)25/h4-10,15H,3,11-14H2,1-2H3,(H,22,26). The van der Waals surface area contributed by atoms with E-state index in [0.717, 1.165) is 0 Å². The molecule has 2 amide bonds. The van der Waals surface area contributed by atoms with Crippen LogP contribution in [0.4, 0.5) is 5.69 Å². The number of para-hydroxylation sites is 1. The number of carbonyl (C=O) groups is 2. The molecule has 9 nitrogen and oxygen atoms in total. The highest BCUT2D eigenvalue weighted by Crippen LogP contribution is 2.24. The van der Waals surface area contributed by atoms with Crippen LogP contribution in [0.15, 0.2) is 58.3 Å². The van der Waals surface area contributed by atoms with Gasteiger partial charge in [-0.2, -0.15) is 4.31 Å². The van der Waals surface area contributed by atoms with Gasteiger partial charge in [-0.25, -0.2) is 16.8 Å². The molecule has 0 radical (unpaired) electrons. The second-order valence-electron chi connectivity index (χ2n) is 7.29. The summed E-state index contributed by atoms with van der Waals surface area (Å²) in [5, 5.41) is 2.57. The number of carbonyl (C=O) groups excluding carboxylic acids is 2. The Kier molecular flexibility index (Phi) is 7.01. The first kappa shape index (κ1) is 23.9. The zero-order valence-corrected chi connectivity index (χ0v) is 19.4. The molecule has 3 rings (SSSR count).